The molecule has 0 unspecified atom stereocenters. The van der Waals surface area contributed by atoms with E-state index in [2.05, 4.69) is 11.9 Å². The van der Waals surface area contributed by atoms with Crippen LogP contribution in [-0.4, -0.2) is 13.4 Å². The van der Waals surface area contributed by atoms with E-state index in [0.29, 0.717) is 12.0 Å². The van der Waals surface area contributed by atoms with Gasteiger partial charge in [0.15, 0.2) is 0 Å². The molecule has 1 heterocycles. The Morgan fingerprint density at radius 1 is 1.29 bits per heavy atom. The highest BCUT2D eigenvalue weighted by molar-refractivity contribution is 7.89. The number of nitrogens with two attached hydrogens (primary N) is 2. The highest BCUT2D eigenvalue weighted by Crippen LogP contribution is 2.21. The second-order valence-corrected chi connectivity index (χ2v) is 5.54. The Morgan fingerprint density at radius 2 is 2.00 bits per heavy atom. The third-order valence-corrected chi connectivity index (χ3v) is 3.64. The van der Waals surface area contributed by atoms with Crippen molar-refractivity contribution in [2.75, 3.05) is 5.73 Å². The number of nitrogen functional groups attached to an aromatic ring is 1. The summed E-state index contributed by atoms with van der Waals surface area (Å²) >= 11 is 0. The van der Waals surface area contributed by atoms with E-state index in [1.165, 1.54) is 6.20 Å². The molecule has 0 spiro atoms. The third kappa shape index (κ3) is 3.98. The third-order valence-electron chi connectivity index (χ3n) is 2.60. The summed E-state index contributed by atoms with van der Waals surface area (Å²) in [5, 5.41) is 5.14. The summed E-state index contributed by atoms with van der Waals surface area (Å²) in [4.78, 5) is 3.75. The van der Waals surface area contributed by atoms with Crippen LogP contribution in [0.25, 0.3) is 0 Å². The van der Waals surface area contributed by atoms with Gasteiger partial charge in [-0.15, -0.1) is 0 Å². The number of nitrogens with zero attached hydrogens (tertiary/aromatic N) is 1. The van der Waals surface area contributed by atoms with Crippen LogP contribution in [0.1, 0.15) is 38.2 Å². The maximum absolute atomic E-state index is 11.4. The van der Waals surface area contributed by atoms with Crippen LogP contribution < -0.4 is 10.9 Å². The number of hydrogen-bond acceptors (Lipinski definition) is 4. The minimum absolute atomic E-state index is 0.0134. The van der Waals surface area contributed by atoms with E-state index >= 15 is 0 Å². The summed E-state index contributed by atoms with van der Waals surface area (Å²) in [6.07, 6.45) is 6.46. The van der Waals surface area contributed by atoms with Gasteiger partial charge in [-0.1, -0.05) is 26.2 Å². The largest absolute Gasteiger partial charge is 0.383 e. The van der Waals surface area contributed by atoms with Crippen LogP contribution in [0.2, 0.25) is 0 Å². The van der Waals surface area contributed by atoms with Crippen molar-refractivity contribution < 1.29 is 8.42 Å². The standard InChI is InChI=1S/C11H19N3O2S/c1-2-3-4-5-6-9-7-8-14-11(12)10(9)17(13,15)16/h7-8H,2-6H2,1H3,(H2,12,14)(H2,13,15,16). The number of sulfonamides is 1. The van der Waals surface area contributed by atoms with Crippen LogP contribution in [0.4, 0.5) is 5.82 Å². The first kappa shape index (κ1) is 13.9. The molecule has 4 N–H and O–H groups in total. The van der Waals surface area contributed by atoms with Gasteiger partial charge in [-0.3, -0.25) is 0 Å². The number of primary sulfonamides is 1. The summed E-state index contributed by atoms with van der Waals surface area (Å²) in [7, 11) is -3.79. The van der Waals surface area contributed by atoms with Gasteiger partial charge >= 0.3 is 0 Å². The quantitative estimate of drug-likeness (QED) is 0.753. The lowest BCUT2D eigenvalue weighted by atomic mass is 10.1. The average Bonchev–Trinajstić information content (AvgIpc) is 2.22. The number of hydrogen-bond donors (Lipinski definition) is 2. The molecule has 96 valence electrons. The molecular formula is C11H19N3O2S. The number of aromatic nitrogens is 1. The van der Waals surface area contributed by atoms with E-state index in [-0.39, 0.29) is 10.7 Å². The predicted molar refractivity (Wildman–Crippen MR) is 67.9 cm³/mol. The summed E-state index contributed by atoms with van der Waals surface area (Å²) in [6, 6.07) is 1.67. The number of rotatable bonds is 6. The maximum Gasteiger partial charge on any atom is 0.241 e. The molecule has 0 atom stereocenters. The molecule has 0 bridgehead atoms. The second kappa shape index (κ2) is 5.97. The number of anilines is 1. The molecule has 0 radical (unpaired) electrons. The van der Waals surface area contributed by atoms with Crippen molar-refractivity contribution in [1.29, 1.82) is 0 Å². The zero-order valence-corrected chi connectivity index (χ0v) is 10.8. The van der Waals surface area contributed by atoms with Crippen molar-refractivity contribution in [3.63, 3.8) is 0 Å². The van der Waals surface area contributed by atoms with E-state index < -0.39 is 10.0 Å². The van der Waals surface area contributed by atoms with Crippen molar-refractivity contribution in [3.05, 3.63) is 17.8 Å². The molecule has 0 saturated carbocycles. The van der Waals surface area contributed by atoms with Gasteiger partial charge in [0.1, 0.15) is 10.7 Å². The van der Waals surface area contributed by atoms with E-state index in [4.69, 9.17) is 10.9 Å². The van der Waals surface area contributed by atoms with Crippen molar-refractivity contribution in [2.24, 2.45) is 5.14 Å². The van der Waals surface area contributed by atoms with Gasteiger partial charge in [0, 0.05) is 6.20 Å². The Bertz CT molecular complexity index is 472. The van der Waals surface area contributed by atoms with E-state index in [0.717, 1.165) is 25.7 Å². The fourth-order valence-electron chi connectivity index (χ4n) is 1.77. The molecule has 0 aliphatic heterocycles. The smallest absolute Gasteiger partial charge is 0.241 e. The molecule has 6 heteroatoms. The van der Waals surface area contributed by atoms with Gasteiger partial charge < -0.3 is 5.73 Å². The molecule has 1 aromatic heterocycles. The lowest BCUT2D eigenvalue weighted by Gasteiger charge is -2.09. The summed E-state index contributed by atoms with van der Waals surface area (Å²) in [5.41, 5.74) is 6.23. The normalized spacial score (nSPS) is 11.6. The highest BCUT2D eigenvalue weighted by atomic mass is 32.2. The van der Waals surface area contributed by atoms with Crippen LogP contribution in [0.5, 0.6) is 0 Å². The lowest BCUT2D eigenvalue weighted by Crippen LogP contribution is -2.17. The monoisotopic (exact) mass is 257 g/mol. The minimum atomic E-state index is -3.79. The Kier molecular flexibility index (Phi) is 4.89. The van der Waals surface area contributed by atoms with E-state index in [9.17, 15) is 8.42 Å². The molecule has 0 aromatic carbocycles. The lowest BCUT2D eigenvalue weighted by molar-refractivity contribution is 0.595. The minimum Gasteiger partial charge on any atom is -0.383 e. The fraction of sp³-hybridized carbons (Fsp3) is 0.545. The van der Waals surface area contributed by atoms with Crippen molar-refractivity contribution in [3.8, 4) is 0 Å². The van der Waals surface area contributed by atoms with Crippen LogP contribution in [0, 0.1) is 0 Å². The Balaban J connectivity index is 2.89. The molecule has 0 aliphatic carbocycles. The van der Waals surface area contributed by atoms with E-state index in [1.54, 1.807) is 6.07 Å². The van der Waals surface area contributed by atoms with Gasteiger partial charge in [-0.2, -0.15) is 0 Å². The Hall–Kier alpha value is -1.14. The maximum atomic E-state index is 11.4. The molecule has 0 aliphatic rings. The van der Waals surface area contributed by atoms with E-state index in [1.807, 2.05) is 0 Å². The van der Waals surface area contributed by atoms with Crippen molar-refractivity contribution in [1.82, 2.24) is 4.98 Å². The summed E-state index contributed by atoms with van der Waals surface area (Å²) in [6.45, 7) is 2.13. The van der Waals surface area contributed by atoms with Gasteiger partial charge in [0.05, 0.1) is 0 Å². The molecule has 17 heavy (non-hydrogen) atoms. The predicted octanol–water partition coefficient (Wildman–Crippen LogP) is 1.43. The first-order valence-corrected chi connectivity index (χ1v) is 7.27. The van der Waals surface area contributed by atoms with Gasteiger partial charge in [0.25, 0.3) is 0 Å². The number of pyridine rings is 1. The first-order valence-electron chi connectivity index (χ1n) is 5.73. The van der Waals surface area contributed by atoms with Crippen LogP contribution in [0.3, 0.4) is 0 Å². The molecule has 1 rings (SSSR count). The molecule has 5 nitrogen and oxygen atoms in total. The SMILES string of the molecule is CCCCCCc1ccnc(N)c1S(N)(=O)=O. The number of aryl methyl sites for hydroxylation is 1. The average molecular weight is 257 g/mol. The Morgan fingerprint density at radius 3 is 2.59 bits per heavy atom. The van der Waals surface area contributed by atoms with Crippen LogP contribution in [-0.2, 0) is 16.4 Å². The molecular weight excluding hydrogens is 238 g/mol. The summed E-state index contributed by atoms with van der Waals surface area (Å²) in [5.74, 6) is -0.0134. The summed E-state index contributed by atoms with van der Waals surface area (Å²) < 4.78 is 22.8. The van der Waals surface area contributed by atoms with Crippen molar-refractivity contribution in [2.45, 2.75) is 43.9 Å². The molecule has 0 saturated heterocycles. The van der Waals surface area contributed by atoms with Crippen molar-refractivity contribution >= 4 is 15.8 Å². The topological polar surface area (TPSA) is 99.1 Å². The fourth-order valence-corrected chi connectivity index (χ4v) is 2.65. The Labute approximate surface area is 102 Å². The molecule has 0 fully saturated rings. The van der Waals surface area contributed by atoms with Gasteiger partial charge in [-0.05, 0) is 24.5 Å². The first-order chi connectivity index (χ1) is 7.96. The van der Waals surface area contributed by atoms with Crippen LogP contribution >= 0.6 is 0 Å². The molecule has 0 amide bonds. The zero-order chi connectivity index (χ0) is 12.9. The highest BCUT2D eigenvalue weighted by Gasteiger charge is 2.17. The van der Waals surface area contributed by atoms with Gasteiger partial charge in [-0.25, -0.2) is 18.5 Å². The van der Waals surface area contributed by atoms with Crippen LogP contribution in [0.15, 0.2) is 17.2 Å². The number of unbranched alkanes of at least 4 members (excludes halogenated alkanes) is 3. The van der Waals surface area contributed by atoms with Gasteiger partial charge in [0.2, 0.25) is 10.0 Å². The zero-order valence-electron chi connectivity index (χ0n) is 10.0. The second-order valence-electron chi connectivity index (χ2n) is 4.04. The molecule has 1 aromatic rings.